The van der Waals surface area contributed by atoms with E-state index in [4.69, 9.17) is 0 Å². The lowest BCUT2D eigenvalue weighted by atomic mass is 10.1. The molecular weight excluding hydrogens is 256 g/mol. The molecule has 0 saturated carbocycles. The monoisotopic (exact) mass is 280 g/mol. The van der Waals surface area contributed by atoms with E-state index in [1.165, 1.54) is 9.80 Å². The summed E-state index contributed by atoms with van der Waals surface area (Å²) in [5, 5.41) is 4.33. The third-order valence-electron chi connectivity index (χ3n) is 3.41. The van der Waals surface area contributed by atoms with E-state index in [-0.39, 0.29) is 17.7 Å². The molecule has 0 saturated heterocycles. The maximum Gasteiger partial charge on any atom is 0.272 e. The highest BCUT2D eigenvalue weighted by Gasteiger charge is 2.26. The van der Waals surface area contributed by atoms with Gasteiger partial charge in [-0.1, -0.05) is 13.8 Å². The van der Waals surface area contributed by atoms with Gasteiger partial charge in [0.25, 0.3) is 5.91 Å². The number of nitrogens with zero attached hydrogens (tertiary/aromatic N) is 4. The van der Waals surface area contributed by atoms with Crippen molar-refractivity contribution in [2.75, 3.05) is 21.1 Å². The van der Waals surface area contributed by atoms with Gasteiger partial charge in [-0.3, -0.25) is 14.3 Å². The van der Waals surface area contributed by atoms with Crippen molar-refractivity contribution in [2.45, 2.75) is 32.7 Å². The van der Waals surface area contributed by atoms with Crippen LogP contribution in [0.4, 0.5) is 0 Å². The topological polar surface area (TPSA) is 58.4 Å². The molecule has 0 unspecified atom stereocenters. The Hall–Kier alpha value is -1.85. The van der Waals surface area contributed by atoms with Crippen LogP contribution in [0.15, 0.2) is 6.07 Å². The summed E-state index contributed by atoms with van der Waals surface area (Å²) in [7, 11) is 6.73. The Bertz CT molecular complexity index is 505. The first-order valence-electron chi connectivity index (χ1n) is 6.69. The van der Waals surface area contributed by atoms with Crippen LogP contribution in [0.1, 0.15) is 42.9 Å². The molecule has 0 aliphatic carbocycles. The smallest absolute Gasteiger partial charge is 0.272 e. The molecule has 0 radical (unpaired) electrons. The van der Waals surface area contributed by atoms with Crippen LogP contribution in [-0.2, 0) is 11.8 Å². The van der Waals surface area contributed by atoms with E-state index in [1.54, 1.807) is 45.9 Å². The Morgan fingerprint density at radius 1 is 1.20 bits per heavy atom. The third-order valence-corrected chi connectivity index (χ3v) is 3.41. The van der Waals surface area contributed by atoms with Gasteiger partial charge in [0.15, 0.2) is 0 Å². The molecule has 0 spiro atoms. The average molecular weight is 280 g/mol. The fraction of sp³-hybridized carbons (Fsp3) is 0.643. The summed E-state index contributed by atoms with van der Waals surface area (Å²) in [6.45, 7) is 5.77. The van der Waals surface area contributed by atoms with Crippen LogP contribution in [0.5, 0.6) is 0 Å². The van der Waals surface area contributed by atoms with Crippen molar-refractivity contribution in [3.63, 3.8) is 0 Å². The number of aryl methyl sites for hydroxylation is 1. The Labute approximate surface area is 120 Å². The van der Waals surface area contributed by atoms with Gasteiger partial charge >= 0.3 is 0 Å². The van der Waals surface area contributed by atoms with Gasteiger partial charge < -0.3 is 9.80 Å². The lowest BCUT2D eigenvalue weighted by molar-refractivity contribution is -0.132. The van der Waals surface area contributed by atoms with E-state index in [0.717, 1.165) is 5.69 Å². The van der Waals surface area contributed by atoms with Gasteiger partial charge in [-0.25, -0.2) is 0 Å². The molecule has 1 aromatic rings. The number of carbonyl (C=O) groups is 2. The quantitative estimate of drug-likeness (QED) is 0.829. The van der Waals surface area contributed by atoms with Crippen molar-refractivity contribution in [1.82, 2.24) is 19.6 Å². The second-order valence-electron chi connectivity index (χ2n) is 5.56. The van der Waals surface area contributed by atoms with Gasteiger partial charge in [-0.15, -0.1) is 0 Å². The first-order valence-corrected chi connectivity index (χ1v) is 6.69. The zero-order valence-electron chi connectivity index (χ0n) is 13.3. The van der Waals surface area contributed by atoms with Gasteiger partial charge in [0.2, 0.25) is 5.91 Å². The number of hydrogen-bond acceptors (Lipinski definition) is 3. The van der Waals surface area contributed by atoms with Gasteiger partial charge in [0, 0.05) is 28.2 Å². The van der Waals surface area contributed by atoms with Gasteiger partial charge in [-0.2, -0.15) is 5.10 Å². The highest BCUT2D eigenvalue weighted by Crippen LogP contribution is 2.15. The van der Waals surface area contributed by atoms with E-state index >= 15 is 0 Å². The van der Waals surface area contributed by atoms with E-state index in [9.17, 15) is 9.59 Å². The van der Waals surface area contributed by atoms with Crippen molar-refractivity contribution in [3.8, 4) is 0 Å². The second-order valence-corrected chi connectivity index (χ2v) is 5.56. The predicted molar refractivity (Wildman–Crippen MR) is 77.5 cm³/mol. The van der Waals surface area contributed by atoms with Crippen LogP contribution in [0, 0.1) is 0 Å². The molecule has 1 atom stereocenters. The largest absolute Gasteiger partial charge is 0.347 e. The van der Waals surface area contributed by atoms with Crippen molar-refractivity contribution < 1.29 is 9.59 Å². The van der Waals surface area contributed by atoms with Crippen LogP contribution in [0.3, 0.4) is 0 Å². The van der Waals surface area contributed by atoms with Crippen molar-refractivity contribution >= 4 is 11.8 Å². The molecule has 0 aromatic carbocycles. The van der Waals surface area contributed by atoms with E-state index in [1.807, 2.05) is 13.8 Å². The summed E-state index contributed by atoms with van der Waals surface area (Å²) >= 11 is 0. The number of likely N-dealkylation sites (N-methyl/N-ethyl adjacent to an activating group) is 2. The minimum Gasteiger partial charge on any atom is -0.347 e. The molecule has 1 rings (SSSR count). The first-order chi connectivity index (χ1) is 9.16. The molecule has 2 amide bonds. The van der Waals surface area contributed by atoms with Gasteiger partial charge in [0.05, 0.1) is 5.69 Å². The number of carbonyl (C=O) groups excluding carboxylic acids is 2. The molecule has 1 heterocycles. The van der Waals surface area contributed by atoms with Crippen LogP contribution in [0.2, 0.25) is 0 Å². The lowest BCUT2D eigenvalue weighted by Gasteiger charge is -2.26. The summed E-state index contributed by atoms with van der Waals surface area (Å²) in [4.78, 5) is 27.3. The highest BCUT2D eigenvalue weighted by atomic mass is 16.2. The molecule has 6 heteroatoms. The summed E-state index contributed by atoms with van der Waals surface area (Å²) in [5.41, 5.74) is 1.37. The van der Waals surface area contributed by atoms with Crippen LogP contribution >= 0.6 is 0 Å². The number of aromatic nitrogens is 2. The summed E-state index contributed by atoms with van der Waals surface area (Å²) in [6, 6.07) is 1.28. The number of amides is 2. The van der Waals surface area contributed by atoms with Gasteiger partial charge in [0.1, 0.15) is 11.7 Å². The van der Waals surface area contributed by atoms with Crippen molar-refractivity contribution in [2.24, 2.45) is 7.05 Å². The zero-order valence-corrected chi connectivity index (χ0v) is 13.3. The zero-order chi connectivity index (χ0) is 15.6. The van der Waals surface area contributed by atoms with E-state index in [0.29, 0.717) is 5.69 Å². The Morgan fingerprint density at radius 3 is 2.15 bits per heavy atom. The first kappa shape index (κ1) is 16.2. The summed E-state index contributed by atoms with van der Waals surface area (Å²) in [6.07, 6.45) is 0. The van der Waals surface area contributed by atoms with Gasteiger partial charge in [-0.05, 0) is 18.9 Å². The third kappa shape index (κ3) is 3.18. The fourth-order valence-corrected chi connectivity index (χ4v) is 1.87. The Morgan fingerprint density at radius 2 is 1.75 bits per heavy atom. The highest BCUT2D eigenvalue weighted by molar-refractivity contribution is 5.96. The molecule has 0 N–H and O–H groups in total. The molecule has 112 valence electrons. The minimum absolute atomic E-state index is 0.105. The van der Waals surface area contributed by atoms with E-state index in [2.05, 4.69) is 5.10 Å². The van der Waals surface area contributed by atoms with E-state index < -0.39 is 6.04 Å². The molecular formula is C14H24N4O2. The molecule has 1 aromatic heterocycles. The van der Waals surface area contributed by atoms with Crippen molar-refractivity contribution in [3.05, 3.63) is 17.5 Å². The Balaban J connectivity index is 2.97. The molecule has 0 bridgehead atoms. The second kappa shape index (κ2) is 6.07. The van der Waals surface area contributed by atoms with Crippen LogP contribution in [-0.4, -0.2) is 58.6 Å². The SMILES string of the molecule is CC(C)c1cc(C(=O)N(C)[C@H](C)C(=O)N(C)C)n(C)n1. The Kier molecular flexibility index (Phi) is 4.92. The molecule has 0 aliphatic heterocycles. The summed E-state index contributed by atoms with van der Waals surface area (Å²) in [5.74, 6) is -0.0458. The van der Waals surface area contributed by atoms with Crippen LogP contribution < -0.4 is 0 Å². The number of rotatable bonds is 4. The predicted octanol–water partition coefficient (Wildman–Crippen LogP) is 1.09. The normalized spacial score (nSPS) is 12.4. The standard InChI is InChI=1S/C14H24N4O2/c1-9(2)11-8-12(18(7)15-11)14(20)17(6)10(3)13(19)16(4)5/h8-10H,1-7H3/t10-/m1/s1. The number of hydrogen-bond donors (Lipinski definition) is 0. The summed E-state index contributed by atoms with van der Waals surface area (Å²) < 4.78 is 1.57. The lowest BCUT2D eigenvalue weighted by Crippen LogP contribution is -2.45. The van der Waals surface area contributed by atoms with Crippen molar-refractivity contribution in [1.29, 1.82) is 0 Å². The van der Waals surface area contributed by atoms with Crippen LogP contribution in [0.25, 0.3) is 0 Å². The molecule has 0 aliphatic rings. The average Bonchev–Trinajstić information content (AvgIpc) is 2.77. The molecule has 6 nitrogen and oxygen atoms in total. The maximum absolute atomic E-state index is 12.5. The fourth-order valence-electron chi connectivity index (χ4n) is 1.87. The minimum atomic E-state index is -0.505. The molecule has 20 heavy (non-hydrogen) atoms. The molecule has 0 fully saturated rings. The maximum atomic E-state index is 12.5.